The number of allylic oxidation sites excluding steroid dienone is 1. The van der Waals surface area contributed by atoms with Gasteiger partial charge < -0.3 is 13.3 Å². The highest BCUT2D eigenvalue weighted by Crippen LogP contribution is 2.16. The van der Waals surface area contributed by atoms with Crippen molar-refractivity contribution in [3.05, 3.63) is 11.8 Å². The summed E-state index contributed by atoms with van der Waals surface area (Å²) in [5.74, 6) is 0. The van der Waals surface area contributed by atoms with E-state index in [4.69, 9.17) is 13.3 Å². The molecule has 3 nitrogen and oxygen atoms in total. The van der Waals surface area contributed by atoms with Crippen LogP contribution in [0.3, 0.4) is 0 Å². The van der Waals surface area contributed by atoms with Gasteiger partial charge in [-0.3, -0.25) is 0 Å². The van der Waals surface area contributed by atoms with E-state index in [2.05, 4.69) is 39.5 Å². The molecular weight excluding hydrogens is 304 g/mol. The highest BCUT2D eigenvalue weighted by atomic mass is 28.4. The molecule has 0 rings (SSSR count). The lowest BCUT2D eigenvalue weighted by molar-refractivity contribution is 0.0684. The molecule has 0 aliphatic carbocycles. The normalized spacial score (nSPS) is 12.3. The van der Waals surface area contributed by atoms with Crippen LogP contribution in [0.4, 0.5) is 0 Å². The minimum absolute atomic E-state index is 0.736. The van der Waals surface area contributed by atoms with Crippen molar-refractivity contribution in [3.63, 3.8) is 0 Å². The van der Waals surface area contributed by atoms with Crippen LogP contribution in [0.5, 0.6) is 0 Å². The SMILES string of the molecule is CCCCCC=C[Si](OCCCC)(OCCCC)OCCCC. The molecule has 4 heteroatoms. The van der Waals surface area contributed by atoms with E-state index in [9.17, 15) is 0 Å². The number of hydrogen-bond donors (Lipinski definition) is 0. The van der Waals surface area contributed by atoms with E-state index in [1.54, 1.807) is 0 Å². The molecule has 0 saturated carbocycles. The first-order chi connectivity index (χ1) is 11.2. The van der Waals surface area contributed by atoms with E-state index < -0.39 is 8.80 Å². The second-order valence-corrected chi connectivity index (χ2v) is 8.51. The topological polar surface area (TPSA) is 27.7 Å². The Hall–Kier alpha value is -0.163. The summed E-state index contributed by atoms with van der Waals surface area (Å²) in [6, 6.07) is 0. The van der Waals surface area contributed by atoms with Crippen molar-refractivity contribution < 1.29 is 13.3 Å². The van der Waals surface area contributed by atoms with Crippen LogP contribution >= 0.6 is 0 Å². The summed E-state index contributed by atoms with van der Waals surface area (Å²) in [5, 5.41) is 0. The van der Waals surface area contributed by atoms with Gasteiger partial charge in [0.1, 0.15) is 0 Å². The van der Waals surface area contributed by atoms with Gasteiger partial charge in [0.2, 0.25) is 0 Å². The van der Waals surface area contributed by atoms with Crippen LogP contribution in [0.15, 0.2) is 11.8 Å². The predicted molar refractivity (Wildman–Crippen MR) is 102 cm³/mol. The van der Waals surface area contributed by atoms with Gasteiger partial charge in [0.05, 0.1) is 0 Å². The zero-order valence-corrected chi connectivity index (χ0v) is 17.1. The summed E-state index contributed by atoms with van der Waals surface area (Å²) in [6.07, 6.45) is 13.7. The van der Waals surface area contributed by atoms with Gasteiger partial charge >= 0.3 is 8.80 Å². The fourth-order valence-electron chi connectivity index (χ4n) is 2.09. The lowest BCUT2D eigenvalue weighted by atomic mass is 10.2. The quantitative estimate of drug-likeness (QED) is 0.237. The first-order valence-corrected chi connectivity index (χ1v) is 11.6. The molecule has 0 aliphatic rings. The smallest absolute Gasteiger partial charge is 0.370 e. The van der Waals surface area contributed by atoms with Crippen molar-refractivity contribution in [1.29, 1.82) is 0 Å². The monoisotopic (exact) mass is 344 g/mol. The highest BCUT2D eigenvalue weighted by molar-refractivity contribution is 6.66. The number of unbranched alkanes of at least 4 members (excludes halogenated alkanes) is 6. The molecule has 0 unspecified atom stereocenters. The van der Waals surface area contributed by atoms with Gasteiger partial charge in [0, 0.05) is 19.8 Å². The second-order valence-electron chi connectivity index (χ2n) is 6.11. The molecule has 0 spiro atoms. The van der Waals surface area contributed by atoms with Gasteiger partial charge in [-0.1, -0.05) is 65.9 Å². The van der Waals surface area contributed by atoms with Crippen molar-refractivity contribution in [2.45, 2.75) is 91.9 Å². The minimum Gasteiger partial charge on any atom is -0.370 e. The first-order valence-electron chi connectivity index (χ1n) is 9.84. The third-order valence-electron chi connectivity index (χ3n) is 3.70. The van der Waals surface area contributed by atoms with E-state index >= 15 is 0 Å². The summed E-state index contributed by atoms with van der Waals surface area (Å²) < 4.78 is 18.5. The molecule has 0 amide bonds. The van der Waals surface area contributed by atoms with E-state index in [1.807, 2.05) is 0 Å². The molecule has 0 aromatic carbocycles. The Labute approximate surface area is 146 Å². The maximum Gasteiger partial charge on any atom is 0.529 e. The molecule has 0 aliphatic heterocycles. The minimum atomic E-state index is -2.65. The molecule has 0 aromatic heterocycles. The van der Waals surface area contributed by atoms with E-state index in [1.165, 1.54) is 19.3 Å². The fraction of sp³-hybridized carbons (Fsp3) is 0.895. The summed E-state index contributed by atoms with van der Waals surface area (Å²) >= 11 is 0. The Kier molecular flexibility index (Phi) is 16.6. The molecule has 0 N–H and O–H groups in total. The maximum absolute atomic E-state index is 6.18. The maximum atomic E-state index is 6.18. The third kappa shape index (κ3) is 12.9. The zero-order chi connectivity index (χ0) is 17.2. The lowest BCUT2D eigenvalue weighted by Gasteiger charge is -2.27. The van der Waals surface area contributed by atoms with Crippen molar-refractivity contribution in [3.8, 4) is 0 Å². The molecule has 138 valence electrons. The fourth-order valence-corrected chi connectivity index (χ4v) is 4.37. The molecule has 0 radical (unpaired) electrons. The summed E-state index contributed by atoms with van der Waals surface area (Å²) in [6.45, 7) is 11.0. The largest absolute Gasteiger partial charge is 0.529 e. The molecule has 0 bridgehead atoms. The molecule has 23 heavy (non-hydrogen) atoms. The van der Waals surface area contributed by atoms with Crippen LogP contribution in [-0.2, 0) is 13.3 Å². The summed E-state index contributed by atoms with van der Waals surface area (Å²) in [5.41, 5.74) is 2.14. The Balaban J connectivity index is 4.71. The Bertz CT molecular complexity index is 243. The van der Waals surface area contributed by atoms with Crippen LogP contribution < -0.4 is 0 Å². The van der Waals surface area contributed by atoms with E-state index in [-0.39, 0.29) is 0 Å². The van der Waals surface area contributed by atoms with Crippen molar-refractivity contribution >= 4 is 8.80 Å². The Morgan fingerprint density at radius 2 is 1.04 bits per heavy atom. The number of hydrogen-bond acceptors (Lipinski definition) is 3. The Morgan fingerprint density at radius 3 is 1.43 bits per heavy atom. The predicted octanol–water partition coefficient (Wildman–Crippen LogP) is 6.05. The summed E-state index contributed by atoms with van der Waals surface area (Å²) in [7, 11) is -2.65. The van der Waals surface area contributed by atoms with Gasteiger partial charge in [0.15, 0.2) is 0 Å². The van der Waals surface area contributed by atoms with Gasteiger partial charge in [-0.25, -0.2) is 0 Å². The standard InChI is InChI=1S/C19H40O3Si/c1-5-9-13-14-15-19-23(20-16-10-6-2,21-17-11-7-3)22-18-12-8-4/h15,19H,5-14,16-18H2,1-4H3. The first kappa shape index (κ1) is 22.8. The molecular formula is C19H40O3Si. The Morgan fingerprint density at radius 1 is 0.609 bits per heavy atom. The number of rotatable bonds is 17. The molecule has 0 saturated heterocycles. The van der Waals surface area contributed by atoms with Gasteiger partial charge in [-0.2, -0.15) is 0 Å². The van der Waals surface area contributed by atoms with Gasteiger partial charge in [-0.05, 0) is 37.8 Å². The van der Waals surface area contributed by atoms with Gasteiger partial charge in [-0.15, -0.1) is 0 Å². The third-order valence-corrected chi connectivity index (χ3v) is 6.16. The van der Waals surface area contributed by atoms with Crippen molar-refractivity contribution in [1.82, 2.24) is 0 Å². The highest BCUT2D eigenvalue weighted by Gasteiger charge is 2.38. The van der Waals surface area contributed by atoms with E-state index in [0.717, 1.165) is 64.8 Å². The van der Waals surface area contributed by atoms with Crippen LogP contribution in [-0.4, -0.2) is 28.6 Å². The molecule has 0 fully saturated rings. The van der Waals surface area contributed by atoms with E-state index in [0.29, 0.717) is 0 Å². The average molecular weight is 345 g/mol. The lowest BCUT2D eigenvalue weighted by Crippen LogP contribution is -2.45. The van der Waals surface area contributed by atoms with Crippen LogP contribution in [0.1, 0.15) is 91.9 Å². The van der Waals surface area contributed by atoms with Crippen LogP contribution in [0.25, 0.3) is 0 Å². The second kappa shape index (κ2) is 16.7. The van der Waals surface area contributed by atoms with Crippen molar-refractivity contribution in [2.24, 2.45) is 0 Å². The van der Waals surface area contributed by atoms with Gasteiger partial charge in [0.25, 0.3) is 0 Å². The zero-order valence-electron chi connectivity index (χ0n) is 16.1. The van der Waals surface area contributed by atoms with Crippen molar-refractivity contribution in [2.75, 3.05) is 19.8 Å². The average Bonchev–Trinajstić information content (AvgIpc) is 2.55. The molecule has 0 heterocycles. The van der Waals surface area contributed by atoms with Crippen LogP contribution in [0.2, 0.25) is 0 Å². The van der Waals surface area contributed by atoms with Crippen LogP contribution in [0, 0.1) is 0 Å². The molecule has 0 aromatic rings. The summed E-state index contributed by atoms with van der Waals surface area (Å²) in [4.78, 5) is 0. The molecule has 0 atom stereocenters.